The Kier molecular flexibility index (Phi) is 5.69. The molecule has 0 N–H and O–H groups in total. The van der Waals surface area contributed by atoms with Gasteiger partial charge in [0.2, 0.25) is 0 Å². The number of hydrogen-bond donors (Lipinski definition) is 0. The average molecular weight is 419 g/mol. The van der Waals surface area contributed by atoms with Crippen molar-refractivity contribution in [3.8, 4) is 16.9 Å². The number of nitrogens with zero attached hydrogens (tertiary/aromatic N) is 4. The van der Waals surface area contributed by atoms with E-state index in [0.29, 0.717) is 15.5 Å². The van der Waals surface area contributed by atoms with Crippen LogP contribution >= 0.6 is 23.1 Å². The van der Waals surface area contributed by atoms with Gasteiger partial charge in [-0.1, -0.05) is 59.8 Å². The van der Waals surface area contributed by atoms with Gasteiger partial charge in [-0.15, -0.1) is 11.3 Å². The van der Waals surface area contributed by atoms with Crippen LogP contribution in [0.25, 0.3) is 16.9 Å². The number of rotatable bonds is 4. The molecule has 0 saturated carbocycles. The Hall–Kier alpha value is -3.03. The number of thiazole rings is 1. The molecular weight excluding hydrogens is 400 g/mol. The van der Waals surface area contributed by atoms with Crippen molar-refractivity contribution in [2.24, 2.45) is 4.99 Å². The van der Waals surface area contributed by atoms with Crippen LogP contribution in [-0.4, -0.2) is 26.7 Å². The fraction of sp³-hybridized carbons (Fsp3) is 0.0909. The van der Waals surface area contributed by atoms with Gasteiger partial charge in [-0.2, -0.15) is 4.99 Å². The second-order valence-corrected chi connectivity index (χ2v) is 7.93. The highest BCUT2D eigenvalue weighted by molar-refractivity contribution is 7.98. The maximum absolute atomic E-state index is 12.7. The van der Waals surface area contributed by atoms with E-state index in [1.807, 2.05) is 34.4 Å². The summed E-state index contributed by atoms with van der Waals surface area (Å²) in [6, 6.07) is 17.3. The van der Waals surface area contributed by atoms with Crippen LogP contribution in [0.2, 0.25) is 0 Å². The van der Waals surface area contributed by atoms with Crippen molar-refractivity contribution in [2.45, 2.75) is 12.1 Å². The van der Waals surface area contributed by atoms with Gasteiger partial charge in [0.25, 0.3) is 5.91 Å². The third kappa shape index (κ3) is 4.21. The summed E-state index contributed by atoms with van der Waals surface area (Å²) < 4.78 is 1.93. The highest BCUT2D eigenvalue weighted by Gasteiger charge is 2.13. The summed E-state index contributed by atoms with van der Waals surface area (Å²) in [4.78, 5) is 26.4. The smallest absolute Gasteiger partial charge is 0.279 e. The zero-order valence-corrected chi connectivity index (χ0v) is 17.6. The molecule has 2 aromatic heterocycles. The molecule has 5 nitrogen and oxygen atoms in total. The van der Waals surface area contributed by atoms with Crippen molar-refractivity contribution in [1.29, 1.82) is 0 Å². The second-order valence-electron chi connectivity index (χ2n) is 6.32. The lowest BCUT2D eigenvalue weighted by Crippen LogP contribution is -2.17. The summed E-state index contributed by atoms with van der Waals surface area (Å²) in [7, 11) is 0. The molecule has 0 bridgehead atoms. The molecule has 0 fully saturated rings. The zero-order chi connectivity index (χ0) is 20.2. The van der Waals surface area contributed by atoms with Gasteiger partial charge in [0.05, 0.1) is 23.8 Å². The van der Waals surface area contributed by atoms with E-state index >= 15 is 0 Å². The van der Waals surface area contributed by atoms with Crippen molar-refractivity contribution in [3.63, 3.8) is 0 Å². The Balaban J connectivity index is 1.88. The van der Waals surface area contributed by atoms with Crippen LogP contribution < -0.4 is 4.80 Å². The summed E-state index contributed by atoms with van der Waals surface area (Å²) in [6.07, 6.45) is 5.45. The van der Waals surface area contributed by atoms with Crippen LogP contribution in [0.3, 0.4) is 0 Å². The summed E-state index contributed by atoms with van der Waals surface area (Å²) in [6.45, 7) is 2.06. The molecule has 0 atom stereocenters. The predicted octanol–water partition coefficient (Wildman–Crippen LogP) is 4.77. The molecule has 29 heavy (non-hydrogen) atoms. The minimum absolute atomic E-state index is 0.279. The Bertz CT molecular complexity index is 1190. The number of amides is 1. The van der Waals surface area contributed by atoms with Gasteiger partial charge in [-0.3, -0.25) is 9.36 Å². The third-order valence-electron chi connectivity index (χ3n) is 4.33. The molecule has 0 aliphatic rings. The van der Waals surface area contributed by atoms with Gasteiger partial charge >= 0.3 is 0 Å². The minimum Gasteiger partial charge on any atom is -0.282 e. The summed E-state index contributed by atoms with van der Waals surface area (Å²) in [5, 5.41) is 2.70. The minimum atomic E-state index is -0.279. The van der Waals surface area contributed by atoms with Gasteiger partial charge in [-0.05, 0) is 30.9 Å². The molecule has 0 aliphatic carbocycles. The number of carbonyl (C=O) groups excluding carboxylic acids is 1. The molecular formula is C22H18N4OS2. The lowest BCUT2D eigenvalue weighted by molar-refractivity contribution is 0.0998. The van der Waals surface area contributed by atoms with Crippen molar-refractivity contribution in [1.82, 2.24) is 14.5 Å². The van der Waals surface area contributed by atoms with Crippen LogP contribution in [0.1, 0.15) is 15.9 Å². The first-order valence-electron chi connectivity index (χ1n) is 8.94. The number of aryl methyl sites for hydroxylation is 1. The fourth-order valence-corrected chi connectivity index (χ4v) is 4.05. The fourth-order valence-electron chi connectivity index (χ4n) is 2.83. The van der Waals surface area contributed by atoms with E-state index in [0.717, 1.165) is 16.9 Å². The van der Waals surface area contributed by atoms with Gasteiger partial charge in [0, 0.05) is 10.9 Å². The molecule has 4 rings (SSSR count). The van der Waals surface area contributed by atoms with Crippen LogP contribution in [0.4, 0.5) is 0 Å². The van der Waals surface area contributed by atoms with Gasteiger partial charge in [0.15, 0.2) is 9.96 Å². The van der Waals surface area contributed by atoms with Gasteiger partial charge in [-0.25, -0.2) is 9.97 Å². The maximum atomic E-state index is 12.7. The Morgan fingerprint density at radius 3 is 2.38 bits per heavy atom. The summed E-state index contributed by atoms with van der Waals surface area (Å²) in [5.41, 5.74) is 4.48. The first-order valence-corrected chi connectivity index (χ1v) is 11.0. The van der Waals surface area contributed by atoms with E-state index in [1.54, 1.807) is 24.5 Å². The molecule has 0 aliphatic heterocycles. The first kappa shape index (κ1) is 19.3. The average Bonchev–Trinajstić information content (AvgIpc) is 3.18. The lowest BCUT2D eigenvalue weighted by Gasteiger charge is -2.09. The summed E-state index contributed by atoms with van der Waals surface area (Å²) >= 11 is 2.90. The largest absolute Gasteiger partial charge is 0.282 e. The molecule has 0 unspecified atom stereocenters. The molecule has 144 valence electrons. The molecule has 0 saturated heterocycles. The number of hydrogen-bond acceptors (Lipinski definition) is 5. The van der Waals surface area contributed by atoms with E-state index in [1.165, 1.54) is 28.7 Å². The van der Waals surface area contributed by atoms with Gasteiger partial charge in [0.1, 0.15) is 0 Å². The van der Waals surface area contributed by atoms with E-state index in [-0.39, 0.29) is 5.91 Å². The van der Waals surface area contributed by atoms with E-state index in [9.17, 15) is 4.79 Å². The normalized spacial score (nSPS) is 11.6. The number of aromatic nitrogens is 3. The standard InChI is InChI=1S/C22H18N4OS2/c1-15-8-10-16(11-9-15)19-14-29-22(25-20(27)17-6-4-3-5-7-17)26(19)18-12-23-21(28-2)24-13-18/h3-14H,1-2H3. The van der Waals surface area contributed by atoms with Crippen molar-refractivity contribution in [2.75, 3.05) is 6.26 Å². The SMILES string of the molecule is CSc1ncc(-n2c(-c3ccc(C)cc3)csc2=NC(=O)c2ccccc2)cn1. The summed E-state index contributed by atoms with van der Waals surface area (Å²) in [5.74, 6) is -0.279. The Morgan fingerprint density at radius 2 is 1.72 bits per heavy atom. The van der Waals surface area contributed by atoms with Crippen molar-refractivity contribution >= 4 is 29.0 Å². The molecule has 2 aromatic carbocycles. The number of thioether (sulfide) groups is 1. The highest BCUT2D eigenvalue weighted by Crippen LogP contribution is 2.24. The third-order valence-corrected chi connectivity index (χ3v) is 5.73. The molecule has 0 radical (unpaired) electrons. The van der Waals surface area contributed by atoms with Crippen molar-refractivity contribution in [3.05, 3.63) is 88.3 Å². The molecule has 4 aromatic rings. The molecule has 2 heterocycles. The zero-order valence-electron chi connectivity index (χ0n) is 15.9. The van der Waals surface area contributed by atoms with Crippen LogP contribution in [0, 0.1) is 6.92 Å². The monoisotopic (exact) mass is 418 g/mol. The van der Waals surface area contributed by atoms with Gasteiger partial charge < -0.3 is 0 Å². The van der Waals surface area contributed by atoms with Crippen LogP contribution in [0.15, 0.2) is 82.5 Å². The quantitative estimate of drug-likeness (QED) is 0.354. The highest BCUT2D eigenvalue weighted by atomic mass is 32.2. The molecule has 0 spiro atoms. The van der Waals surface area contributed by atoms with Crippen molar-refractivity contribution < 1.29 is 4.79 Å². The predicted molar refractivity (Wildman–Crippen MR) is 118 cm³/mol. The lowest BCUT2D eigenvalue weighted by atomic mass is 10.1. The topological polar surface area (TPSA) is 60.1 Å². The number of carbonyl (C=O) groups is 1. The van der Waals surface area contributed by atoms with E-state index in [4.69, 9.17) is 0 Å². The Labute approximate surface area is 176 Å². The van der Waals surface area contributed by atoms with Crippen LogP contribution in [0.5, 0.6) is 0 Å². The van der Waals surface area contributed by atoms with E-state index < -0.39 is 0 Å². The van der Waals surface area contributed by atoms with Crippen LogP contribution in [-0.2, 0) is 0 Å². The Morgan fingerprint density at radius 1 is 1.03 bits per heavy atom. The molecule has 1 amide bonds. The molecule has 7 heteroatoms. The first-order chi connectivity index (χ1) is 14.2. The number of benzene rings is 2. The second kappa shape index (κ2) is 8.55. The maximum Gasteiger partial charge on any atom is 0.279 e. The van der Waals surface area contributed by atoms with E-state index in [2.05, 4.69) is 46.1 Å².